The van der Waals surface area contributed by atoms with Crippen LogP contribution in [0.4, 0.5) is 5.69 Å². The van der Waals surface area contributed by atoms with Gasteiger partial charge in [0, 0.05) is 19.2 Å². The van der Waals surface area contributed by atoms with Gasteiger partial charge in [0.15, 0.2) is 0 Å². The Balaban J connectivity index is 1.92. The van der Waals surface area contributed by atoms with Gasteiger partial charge in [-0.1, -0.05) is 54.6 Å². The minimum atomic E-state index is -3.93. The predicted molar refractivity (Wildman–Crippen MR) is 122 cm³/mol. The Labute approximate surface area is 183 Å². The van der Waals surface area contributed by atoms with Gasteiger partial charge in [0.25, 0.3) is 10.0 Å². The van der Waals surface area contributed by atoms with Gasteiger partial charge in [0.2, 0.25) is 5.91 Å². The third-order valence-corrected chi connectivity index (χ3v) is 6.79. The second-order valence-corrected chi connectivity index (χ2v) is 9.04. The Morgan fingerprint density at radius 2 is 1.52 bits per heavy atom. The smallest absolute Gasteiger partial charge is 0.264 e. The molecule has 3 rings (SSSR count). The Morgan fingerprint density at radius 1 is 0.903 bits per heavy atom. The van der Waals surface area contributed by atoms with E-state index in [4.69, 9.17) is 4.74 Å². The summed E-state index contributed by atoms with van der Waals surface area (Å²) in [7, 11) is -0.701. The van der Waals surface area contributed by atoms with Gasteiger partial charge in [0.05, 0.1) is 17.7 Å². The lowest BCUT2D eigenvalue weighted by atomic mass is 10.2. The second-order valence-electron chi connectivity index (χ2n) is 7.17. The van der Waals surface area contributed by atoms with E-state index in [1.165, 1.54) is 21.3 Å². The molecule has 0 unspecified atom stereocenters. The maximum Gasteiger partial charge on any atom is 0.264 e. The number of anilines is 1. The summed E-state index contributed by atoms with van der Waals surface area (Å²) < 4.78 is 33.4. The number of hydrogen-bond donors (Lipinski definition) is 0. The molecule has 162 valence electrons. The Hall–Kier alpha value is -3.32. The number of carbonyl (C=O) groups excluding carboxylic acids is 1. The number of para-hydroxylation sites is 2. The molecule has 0 aliphatic heterocycles. The fourth-order valence-electron chi connectivity index (χ4n) is 3.28. The Kier molecular flexibility index (Phi) is 6.97. The average Bonchev–Trinajstić information content (AvgIpc) is 2.78. The van der Waals surface area contributed by atoms with E-state index in [1.807, 2.05) is 43.3 Å². The van der Waals surface area contributed by atoms with Crippen molar-refractivity contribution in [1.82, 2.24) is 4.90 Å². The van der Waals surface area contributed by atoms with Gasteiger partial charge >= 0.3 is 0 Å². The number of methoxy groups -OCH3 is 1. The van der Waals surface area contributed by atoms with E-state index in [2.05, 4.69) is 0 Å². The topological polar surface area (TPSA) is 66.9 Å². The summed E-state index contributed by atoms with van der Waals surface area (Å²) in [5.41, 5.74) is 2.08. The van der Waals surface area contributed by atoms with Gasteiger partial charge in [0.1, 0.15) is 12.3 Å². The normalized spacial score (nSPS) is 11.1. The average molecular weight is 439 g/mol. The summed E-state index contributed by atoms with van der Waals surface area (Å²) >= 11 is 0. The van der Waals surface area contributed by atoms with Crippen LogP contribution in [0.5, 0.6) is 5.75 Å². The van der Waals surface area contributed by atoms with Gasteiger partial charge in [-0.15, -0.1) is 0 Å². The van der Waals surface area contributed by atoms with Crippen molar-refractivity contribution in [2.75, 3.05) is 25.0 Å². The van der Waals surface area contributed by atoms with Crippen molar-refractivity contribution in [2.45, 2.75) is 18.4 Å². The second kappa shape index (κ2) is 9.66. The molecule has 0 aliphatic carbocycles. The van der Waals surface area contributed by atoms with Gasteiger partial charge in [-0.2, -0.15) is 0 Å². The van der Waals surface area contributed by atoms with Crippen molar-refractivity contribution in [3.63, 3.8) is 0 Å². The van der Waals surface area contributed by atoms with Gasteiger partial charge < -0.3 is 9.64 Å². The number of nitrogens with zero attached hydrogens (tertiary/aromatic N) is 2. The SMILES string of the molecule is COc1ccccc1CN(C)C(=O)CN(c1ccccc1C)S(=O)(=O)c1ccccc1. The zero-order valence-corrected chi connectivity index (χ0v) is 18.7. The van der Waals surface area contributed by atoms with E-state index in [0.29, 0.717) is 18.0 Å². The monoisotopic (exact) mass is 438 g/mol. The number of amides is 1. The first kappa shape index (κ1) is 22.4. The largest absolute Gasteiger partial charge is 0.496 e. The summed E-state index contributed by atoms with van der Waals surface area (Å²) in [5, 5.41) is 0. The number of rotatable bonds is 8. The minimum Gasteiger partial charge on any atom is -0.496 e. The van der Waals surface area contributed by atoms with Crippen LogP contribution in [-0.4, -0.2) is 39.9 Å². The minimum absolute atomic E-state index is 0.137. The molecule has 0 saturated carbocycles. The first-order valence-corrected chi connectivity index (χ1v) is 11.3. The molecule has 0 aliphatic rings. The fourth-order valence-corrected chi connectivity index (χ4v) is 4.78. The van der Waals surface area contributed by atoms with Crippen LogP contribution in [0.25, 0.3) is 0 Å². The first-order valence-electron chi connectivity index (χ1n) is 9.84. The molecule has 0 N–H and O–H groups in total. The number of ether oxygens (including phenoxy) is 1. The molecule has 0 aromatic heterocycles. The van der Waals surface area contributed by atoms with E-state index < -0.39 is 10.0 Å². The maximum atomic E-state index is 13.4. The van der Waals surface area contributed by atoms with Crippen molar-refractivity contribution >= 4 is 21.6 Å². The van der Waals surface area contributed by atoms with Crippen molar-refractivity contribution in [3.05, 3.63) is 90.0 Å². The number of hydrogen-bond acceptors (Lipinski definition) is 4. The Morgan fingerprint density at radius 3 is 2.19 bits per heavy atom. The van der Waals surface area contributed by atoms with Gasteiger partial charge in [-0.05, 0) is 36.8 Å². The molecule has 0 radical (unpaired) electrons. The maximum absolute atomic E-state index is 13.4. The van der Waals surface area contributed by atoms with Crippen molar-refractivity contribution in [2.24, 2.45) is 0 Å². The lowest BCUT2D eigenvalue weighted by Gasteiger charge is -2.28. The molecule has 3 aromatic carbocycles. The zero-order chi connectivity index (χ0) is 22.4. The van der Waals surface area contributed by atoms with Crippen LogP contribution in [0, 0.1) is 6.92 Å². The van der Waals surface area contributed by atoms with E-state index in [-0.39, 0.29) is 17.3 Å². The van der Waals surface area contributed by atoms with Crippen LogP contribution in [0.1, 0.15) is 11.1 Å². The quantitative estimate of drug-likeness (QED) is 0.536. The number of benzene rings is 3. The van der Waals surface area contributed by atoms with Gasteiger partial charge in [-0.3, -0.25) is 9.10 Å². The third kappa shape index (κ3) is 5.06. The molecule has 0 atom stereocenters. The first-order chi connectivity index (χ1) is 14.8. The van der Waals surface area contributed by atoms with Gasteiger partial charge in [-0.25, -0.2) is 8.42 Å². The molecule has 0 bridgehead atoms. The predicted octanol–water partition coefficient (Wildman–Crippen LogP) is 3.86. The van der Waals surface area contributed by atoms with E-state index in [0.717, 1.165) is 11.1 Å². The molecule has 7 heteroatoms. The summed E-state index contributed by atoms with van der Waals surface area (Å²) in [4.78, 5) is 14.7. The van der Waals surface area contributed by atoms with Crippen LogP contribution < -0.4 is 9.04 Å². The van der Waals surface area contributed by atoms with Crippen molar-refractivity contribution < 1.29 is 17.9 Å². The summed E-state index contributed by atoms with van der Waals surface area (Å²) in [6.45, 7) is 1.81. The number of aryl methyl sites for hydroxylation is 1. The molecular formula is C24H26N2O4S. The van der Waals surface area contributed by atoms with Crippen LogP contribution in [-0.2, 0) is 21.4 Å². The zero-order valence-electron chi connectivity index (χ0n) is 17.9. The summed E-state index contributed by atoms with van der Waals surface area (Å²) in [6, 6.07) is 22.7. The van der Waals surface area contributed by atoms with Crippen LogP contribution >= 0.6 is 0 Å². The molecule has 0 fully saturated rings. The highest BCUT2D eigenvalue weighted by atomic mass is 32.2. The third-order valence-electron chi connectivity index (χ3n) is 5.02. The lowest BCUT2D eigenvalue weighted by Crippen LogP contribution is -2.41. The summed E-state index contributed by atoms with van der Waals surface area (Å²) in [6.07, 6.45) is 0. The van der Waals surface area contributed by atoms with Crippen molar-refractivity contribution in [3.8, 4) is 5.75 Å². The summed E-state index contributed by atoms with van der Waals surface area (Å²) in [5.74, 6) is 0.350. The van der Waals surface area contributed by atoms with Crippen LogP contribution in [0.15, 0.2) is 83.8 Å². The highest BCUT2D eigenvalue weighted by Crippen LogP contribution is 2.27. The van der Waals surface area contributed by atoms with Crippen molar-refractivity contribution in [1.29, 1.82) is 0 Å². The molecular weight excluding hydrogens is 412 g/mol. The standard InChI is InChI=1S/C24H26N2O4S/c1-19-11-7-9-15-22(19)26(31(28,29)21-13-5-4-6-14-21)18-24(27)25(2)17-20-12-8-10-16-23(20)30-3/h4-16H,17-18H2,1-3H3. The van der Waals surface area contributed by atoms with E-state index >= 15 is 0 Å². The number of sulfonamides is 1. The van der Waals surface area contributed by atoms with E-state index in [1.54, 1.807) is 44.5 Å². The number of carbonyl (C=O) groups is 1. The lowest BCUT2D eigenvalue weighted by molar-refractivity contribution is -0.128. The van der Waals surface area contributed by atoms with Crippen LogP contribution in [0.3, 0.4) is 0 Å². The number of likely N-dealkylation sites (N-methyl/N-ethyl adjacent to an activating group) is 1. The molecule has 31 heavy (non-hydrogen) atoms. The molecule has 6 nitrogen and oxygen atoms in total. The molecule has 3 aromatic rings. The van der Waals surface area contributed by atoms with Crippen LogP contribution in [0.2, 0.25) is 0 Å². The molecule has 0 saturated heterocycles. The molecule has 1 amide bonds. The highest BCUT2D eigenvalue weighted by molar-refractivity contribution is 7.92. The molecule has 0 heterocycles. The highest BCUT2D eigenvalue weighted by Gasteiger charge is 2.29. The fraction of sp³-hybridized carbons (Fsp3) is 0.208. The molecule has 0 spiro atoms. The Bertz CT molecular complexity index is 1150. The van der Waals surface area contributed by atoms with E-state index in [9.17, 15) is 13.2 Å².